The number of hydrogen-bond donors (Lipinski definition) is 0. The summed E-state index contributed by atoms with van der Waals surface area (Å²) in [5.41, 5.74) is 5.15. The first-order chi connectivity index (χ1) is 12.0. The molecule has 5 heteroatoms. The van der Waals surface area contributed by atoms with Gasteiger partial charge in [0.2, 0.25) is 0 Å². The summed E-state index contributed by atoms with van der Waals surface area (Å²) in [6.07, 6.45) is 2.88. The van der Waals surface area contributed by atoms with Crippen molar-refractivity contribution in [1.29, 1.82) is 0 Å². The number of benzene rings is 1. The molecule has 0 saturated carbocycles. The molecule has 128 valence electrons. The maximum absolute atomic E-state index is 5.67. The van der Waals surface area contributed by atoms with Crippen molar-refractivity contribution >= 4 is 16.6 Å². The van der Waals surface area contributed by atoms with Crippen molar-refractivity contribution in [1.82, 2.24) is 19.8 Å². The van der Waals surface area contributed by atoms with E-state index < -0.39 is 0 Å². The van der Waals surface area contributed by atoms with E-state index in [4.69, 9.17) is 4.52 Å². The summed E-state index contributed by atoms with van der Waals surface area (Å²) < 4.78 is 7.74. The summed E-state index contributed by atoms with van der Waals surface area (Å²) in [7, 11) is 0. The van der Waals surface area contributed by atoms with Gasteiger partial charge in [-0.05, 0) is 48.6 Å². The Labute approximate surface area is 146 Å². The van der Waals surface area contributed by atoms with Crippen molar-refractivity contribution in [3.8, 4) is 0 Å². The molecule has 0 aliphatic rings. The Morgan fingerprint density at radius 2 is 1.96 bits per heavy atom. The van der Waals surface area contributed by atoms with E-state index in [1.165, 1.54) is 5.56 Å². The highest BCUT2D eigenvalue weighted by molar-refractivity contribution is 5.82. The summed E-state index contributed by atoms with van der Waals surface area (Å²) >= 11 is 0. The fraction of sp³-hybridized carbons (Fsp3) is 0.350. The van der Waals surface area contributed by atoms with Crippen LogP contribution < -0.4 is 0 Å². The maximum atomic E-state index is 5.67. The minimum atomic E-state index is 0.218. The smallest absolute Gasteiger partial charge is 0.170 e. The SMILES string of the molecule is Cc1ccn2c(C(C)Cc3cccc4c(C(C)C)noc34)nnc2c1. The maximum Gasteiger partial charge on any atom is 0.170 e. The predicted octanol–water partition coefficient (Wildman–Crippen LogP) is 4.65. The van der Waals surface area contributed by atoms with Gasteiger partial charge in [-0.15, -0.1) is 10.2 Å². The number of aryl methyl sites for hydroxylation is 1. The van der Waals surface area contributed by atoms with Gasteiger partial charge in [0.25, 0.3) is 0 Å². The third-order valence-electron chi connectivity index (χ3n) is 4.71. The van der Waals surface area contributed by atoms with Crippen LogP contribution in [-0.4, -0.2) is 19.8 Å². The summed E-state index contributed by atoms with van der Waals surface area (Å²) in [5.74, 6) is 1.53. The van der Waals surface area contributed by atoms with Gasteiger partial charge in [0.15, 0.2) is 11.2 Å². The first kappa shape index (κ1) is 15.8. The zero-order chi connectivity index (χ0) is 17.6. The fourth-order valence-corrected chi connectivity index (χ4v) is 3.38. The highest BCUT2D eigenvalue weighted by Gasteiger charge is 2.19. The first-order valence-corrected chi connectivity index (χ1v) is 8.73. The van der Waals surface area contributed by atoms with Crippen molar-refractivity contribution in [2.45, 2.75) is 46.0 Å². The zero-order valence-corrected chi connectivity index (χ0v) is 15.0. The molecular weight excluding hydrogens is 312 g/mol. The van der Waals surface area contributed by atoms with Crippen LogP contribution in [0.1, 0.15) is 55.3 Å². The molecule has 4 aromatic rings. The standard InChI is InChI=1S/C20H22N4O/c1-12(2)18-16-7-5-6-15(19(16)25-23-18)11-14(4)20-22-21-17-10-13(3)8-9-24(17)20/h5-10,12,14H,11H2,1-4H3. The van der Waals surface area contributed by atoms with Gasteiger partial charge in [0.05, 0.1) is 5.69 Å². The van der Waals surface area contributed by atoms with Crippen molar-refractivity contribution < 1.29 is 4.52 Å². The van der Waals surface area contributed by atoms with Gasteiger partial charge in [0.1, 0.15) is 5.82 Å². The summed E-state index contributed by atoms with van der Waals surface area (Å²) in [6.45, 7) is 8.51. The van der Waals surface area contributed by atoms with Crippen LogP contribution in [0.3, 0.4) is 0 Å². The lowest BCUT2D eigenvalue weighted by atomic mass is 9.97. The van der Waals surface area contributed by atoms with E-state index in [9.17, 15) is 0 Å². The second-order valence-electron chi connectivity index (χ2n) is 7.11. The van der Waals surface area contributed by atoms with Gasteiger partial charge in [-0.1, -0.05) is 38.1 Å². The second-order valence-corrected chi connectivity index (χ2v) is 7.11. The van der Waals surface area contributed by atoms with Crippen LogP contribution in [0.5, 0.6) is 0 Å². The third kappa shape index (κ3) is 2.69. The number of fused-ring (bicyclic) bond motifs is 2. The molecule has 25 heavy (non-hydrogen) atoms. The topological polar surface area (TPSA) is 56.2 Å². The molecule has 0 aliphatic carbocycles. The van der Waals surface area contributed by atoms with Crippen LogP contribution in [0.25, 0.3) is 16.6 Å². The lowest BCUT2D eigenvalue weighted by molar-refractivity contribution is 0.438. The highest BCUT2D eigenvalue weighted by atomic mass is 16.5. The van der Waals surface area contributed by atoms with Crippen molar-refractivity contribution in [2.24, 2.45) is 0 Å². The Bertz CT molecular complexity index is 1040. The van der Waals surface area contributed by atoms with E-state index in [1.807, 2.05) is 6.20 Å². The zero-order valence-electron chi connectivity index (χ0n) is 15.0. The fourth-order valence-electron chi connectivity index (χ4n) is 3.38. The van der Waals surface area contributed by atoms with E-state index in [1.54, 1.807) is 0 Å². The predicted molar refractivity (Wildman–Crippen MR) is 97.9 cm³/mol. The molecule has 0 aliphatic heterocycles. The van der Waals surface area contributed by atoms with Gasteiger partial charge in [-0.25, -0.2) is 0 Å². The molecule has 1 atom stereocenters. The molecule has 5 nitrogen and oxygen atoms in total. The lowest BCUT2D eigenvalue weighted by Crippen LogP contribution is -2.04. The molecule has 0 N–H and O–H groups in total. The average Bonchev–Trinajstić information content (AvgIpc) is 3.18. The van der Waals surface area contributed by atoms with Gasteiger partial charge in [-0.3, -0.25) is 4.40 Å². The molecule has 3 aromatic heterocycles. The number of para-hydroxylation sites is 1. The van der Waals surface area contributed by atoms with Gasteiger partial charge < -0.3 is 4.52 Å². The third-order valence-corrected chi connectivity index (χ3v) is 4.71. The van der Waals surface area contributed by atoms with Crippen LogP contribution in [0.15, 0.2) is 41.1 Å². The average molecular weight is 334 g/mol. The minimum Gasteiger partial charge on any atom is -0.356 e. The molecule has 3 heterocycles. The van der Waals surface area contributed by atoms with Crippen molar-refractivity contribution in [2.75, 3.05) is 0 Å². The van der Waals surface area contributed by atoms with Crippen molar-refractivity contribution in [3.05, 3.63) is 59.2 Å². The van der Waals surface area contributed by atoms with E-state index in [0.717, 1.165) is 40.1 Å². The van der Waals surface area contributed by atoms with Crippen LogP contribution >= 0.6 is 0 Å². The molecule has 0 bridgehead atoms. The number of nitrogens with zero attached hydrogens (tertiary/aromatic N) is 4. The molecule has 4 rings (SSSR count). The molecular formula is C20H22N4O. The second kappa shape index (κ2) is 5.99. The number of pyridine rings is 1. The van der Waals surface area contributed by atoms with Gasteiger partial charge in [0, 0.05) is 17.5 Å². The summed E-state index contributed by atoms with van der Waals surface area (Å²) in [6, 6.07) is 10.4. The molecule has 0 radical (unpaired) electrons. The monoisotopic (exact) mass is 334 g/mol. The Morgan fingerprint density at radius 1 is 1.12 bits per heavy atom. The van der Waals surface area contributed by atoms with E-state index in [0.29, 0.717) is 5.92 Å². The Kier molecular flexibility index (Phi) is 3.79. The Morgan fingerprint density at radius 3 is 2.76 bits per heavy atom. The molecule has 0 saturated heterocycles. The first-order valence-electron chi connectivity index (χ1n) is 8.73. The molecule has 0 amide bonds. The minimum absolute atomic E-state index is 0.218. The normalized spacial score (nSPS) is 13.2. The van der Waals surface area contributed by atoms with Crippen LogP contribution in [0.4, 0.5) is 0 Å². The van der Waals surface area contributed by atoms with E-state index in [2.05, 4.69) is 77.8 Å². The van der Waals surface area contributed by atoms with Crippen LogP contribution in [0, 0.1) is 6.92 Å². The molecule has 0 spiro atoms. The Balaban J connectivity index is 1.70. The summed E-state index contributed by atoms with van der Waals surface area (Å²) in [4.78, 5) is 0. The van der Waals surface area contributed by atoms with Gasteiger partial charge >= 0.3 is 0 Å². The quantitative estimate of drug-likeness (QED) is 0.545. The number of hydrogen-bond acceptors (Lipinski definition) is 4. The number of rotatable bonds is 4. The van der Waals surface area contributed by atoms with Gasteiger partial charge in [-0.2, -0.15) is 0 Å². The van der Waals surface area contributed by atoms with Crippen LogP contribution in [0.2, 0.25) is 0 Å². The highest BCUT2D eigenvalue weighted by Crippen LogP contribution is 2.30. The largest absolute Gasteiger partial charge is 0.356 e. The van der Waals surface area contributed by atoms with E-state index >= 15 is 0 Å². The van der Waals surface area contributed by atoms with Crippen molar-refractivity contribution in [3.63, 3.8) is 0 Å². The number of aromatic nitrogens is 4. The molecule has 1 unspecified atom stereocenters. The summed E-state index contributed by atoms with van der Waals surface area (Å²) in [5, 5.41) is 14.1. The molecule has 1 aromatic carbocycles. The van der Waals surface area contributed by atoms with E-state index in [-0.39, 0.29) is 5.92 Å². The van der Waals surface area contributed by atoms with Crippen LogP contribution in [-0.2, 0) is 6.42 Å². The molecule has 0 fully saturated rings. The Hall–Kier alpha value is -2.69. The lowest BCUT2D eigenvalue weighted by Gasteiger charge is -2.10.